The molecule has 1 aromatic carbocycles. The van der Waals surface area contributed by atoms with E-state index < -0.39 is 12.7 Å². The van der Waals surface area contributed by atoms with Crippen LogP contribution in [0.2, 0.25) is 0 Å². The van der Waals surface area contributed by atoms with Gasteiger partial charge in [-0.25, -0.2) is 4.68 Å². The number of hydrogen-bond donors (Lipinski definition) is 1. The van der Waals surface area contributed by atoms with Crippen LogP contribution in [0.5, 0.6) is 0 Å². The Morgan fingerprint density at radius 1 is 1.16 bits per heavy atom. The third kappa shape index (κ3) is 5.47. The number of aliphatic hydroxyl groups excluding tert-OH is 1. The summed E-state index contributed by atoms with van der Waals surface area (Å²) in [6.45, 7) is 6.23. The van der Waals surface area contributed by atoms with Gasteiger partial charge in [0.1, 0.15) is 12.2 Å². The molecule has 4 rings (SSSR count). The lowest BCUT2D eigenvalue weighted by atomic mass is 9.75. The Kier molecular flexibility index (Phi) is 6.14. The van der Waals surface area contributed by atoms with E-state index in [4.69, 9.17) is 0 Å². The summed E-state index contributed by atoms with van der Waals surface area (Å²) in [5.41, 5.74) is 3.78. The van der Waals surface area contributed by atoms with Crippen molar-refractivity contribution < 1.29 is 18.3 Å². The molecule has 31 heavy (non-hydrogen) atoms. The van der Waals surface area contributed by atoms with Gasteiger partial charge in [-0.15, -0.1) is 5.10 Å². The zero-order valence-corrected chi connectivity index (χ0v) is 18.2. The van der Waals surface area contributed by atoms with Gasteiger partial charge in [-0.1, -0.05) is 31.2 Å². The zero-order chi connectivity index (χ0) is 22.2. The van der Waals surface area contributed by atoms with Crippen LogP contribution in [0.15, 0.2) is 24.4 Å². The minimum atomic E-state index is -4.31. The van der Waals surface area contributed by atoms with E-state index in [1.54, 1.807) is 0 Å². The van der Waals surface area contributed by atoms with Crippen LogP contribution in [0.3, 0.4) is 0 Å². The fraction of sp³-hybridized carbons (Fsp3) is 0.652. The molecule has 0 amide bonds. The van der Waals surface area contributed by atoms with Crippen molar-refractivity contribution in [3.05, 3.63) is 35.5 Å². The van der Waals surface area contributed by atoms with Crippen LogP contribution >= 0.6 is 0 Å². The van der Waals surface area contributed by atoms with Crippen molar-refractivity contribution in [1.29, 1.82) is 0 Å². The van der Waals surface area contributed by atoms with E-state index in [1.165, 1.54) is 17.3 Å². The maximum Gasteiger partial charge on any atom is 0.408 e. The summed E-state index contributed by atoms with van der Waals surface area (Å²) < 4.78 is 38.7. The third-order valence-electron chi connectivity index (χ3n) is 6.75. The number of benzene rings is 1. The van der Waals surface area contributed by atoms with Crippen molar-refractivity contribution in [2.45, 2.75) is 64.7 Å². The van der Waals surface area contributed by atoms with Gasteiger partial charge in [-0.2, -0.15) is 13.2 Å². The van der Waals surface area contributed by atoms with E-state index >= 15 is 0 Å². The fourth-order valence-electron chi connectivity index (χ4n) is 4.57. The van der Waals surface area contributed by atoms with Crippen LogP contribution in [0.1, 0.15) is 56.6 Å². The molecular weight excluding hydrogens is 405 g/mol. The Morgan fingerprint density at radius 3 is 2.61 bits per heavy atom. The minimum Gasteiger partial charge on any atom is -0.396 e. The van der Waals surface area contributed by atoms with Crippen LogP contribution in [0.25, 0.3) is 11.3 Å². The molecule has 1 atom stereocenters. The third-order valence-corrected chi connectivity index (χ3v) is 6.75. The largest absolute Gasteiger partial charge is 0.408 e. The van der Waals surface area contributed by atoms with Gasteiger partial charge in [0.2, 0.25) is 0 Å². The highest BCUT2D eigenvalue weighted by Crippen LogP contribution is 2.43. The van der Waals surface area contributed by atoms with Gasteiger partial charge in [0.25, 0.3) is 0 Å². The molecule has 5 nitrogen and oxygen atoms in total. The van der Waals surface area contributed by atoms with E-state index in [1.807, 2.05) is 6.07 Å². The molecule has 170 valence electrons. The lowest BCUT2D eigenvalue weighted by Crippen LogP contribution is -2.42. The number of nitrogens with zero attached hydrogens (tertiary/aromatic N) is 4. The molecule has 0 unspecified atom stereocenters. The van der Waals surface area contributed by atoms with Gasteiger partial charge in [0.15, 0.2) is 0 Å². The summed E-state index contributed by atoms with van der Waals surface area (Å²) in [6, 6.07) is 6.14. The highest BCUT2D eigenvalue weighted by molar-refractivity contribution is 5.60. The Balaban J connectivity index is 1.51. The summed E-state index contributed by atoms with van der Waals surface area (Å²) in [7, 11) is 0. The first-order valence-corrected chi connectivity index (χ1v) is 11.1. The fourth-order valence-corrected chi connectivity index (χ4v) is 4.57. The highest BCUT2D eigenvalue weighted by Gasteiger charge is 2.34. The van der Waals surface area contributed by atoms with E-state index in [0.29, 0.717) is 17.5 Å². The molecule has 1 aromatic heterocycles. The Bertz CT molecular complexity index is 904. The standard InChI is InChI=1S/C23H31F3N4O/c1-22(2,15-31)19-4-3-9-29(12-19)11-18-8-7-17(10-20(18)16-5-6-16)21-13-30(28-27-21)14-23(24,25)26/h7-8,10,13,16,19,31H,3-6,9,11-12,14-15H2,1-2H3/t19-/m0/s1. The molecule has 1 saturated carbocycles. The maximum absolute atomic E-state index is 12.6. The molecule has 1 N–H and O–H groups in total. The van der Waals surface area contributed by atoms with Crippen molar-refractivity contribution in [2.75, 3.05) is 19.7 Å². The molecule has 1 aliphatic carbocycles. The summed E-state index contributed by atoms with van der Waals surface area (Å²) in [5.74, 6) is 0.994. The van der Waals surface area contributed by atoms with E-state index in [9.17, 15) is 18.3 Å². The first-order chi connectivity index (χ1) is 14.6. The van der Waals surface area contributed by atoms with Crippen LogP contribution in [-0.2, 0) is 13.1 Å². The van der Waals surface area contributed by atoms with Gasteiger partial charge in [0.05, 0.1) is 6.20 Å². The molecule has 0 bridgehead atoms. The Hall–Kier alpha value is -1.93. The van der Waals surface area contributed by atoms with Gasteiger partial charge >= 0.3 is 6.18 Å². The number of piperidine rings is 1. The molecule has 2 heterocycles. The Morgan fingerprint density at radius 2 is 1.94 bits per heavy atom. The van der Waals surface area contributed by atoms with Crippen LogP contribution in [-0.4, -0.2) is 50.9 Å². The summed E-state index contributed by atoms with van der Waals surface area (Å²) >= 11 is 0. The van der Waals surface area contributed by atoms with Gasteiger partial charge < -0.3 is 5.11 Å². The van der Waals surface area contributed by atoms with Crippen LogP contribution < -0.4 is 0 Å². The van der Waals surface area contributed by atoms with E-state index in [-0.39, 0.29) is 12.0 Å². The maximum atomic E-state index is 12.6. The van der Waals surface area contributed by atoms with Gasteiger partial charge in [-0.05, 0) is 66.7 Å². The first-order valence-electron chi connectivity index (χ1n) is 11.1. The second-order valence-electron chi connectivity index (χ2n) is 9.83. The molecule has 2 aliphatic rings. The molecule has 1 saturated heterocycles. The van der Waals surface area contributed by atoms with Crippen molar-refractivity contribution in [3.63, 3.8) is 0 Å². The highest BCUT2D eigenvalue weighted by atomic mass is 19.4. The number of hydrogen-bond acceptors (Lipinski definition) is 4. The number of rotatable bonds is 7. The van der Waals surface area contributed by atoms with Crippen molar-refractivity contribution in [3.8, 4) is 11.3 Å². The number of halogens is 3. The normalized spacial score (nSPS) is 20.9. The lowest BCUT2D eigenvalue weighted by molar-refractivity contribution is -0.142. The zero-order valence-electron chi connectivity index (χ0n) is 18.2. The molecular formula is C23H31F3N4O. The quantitative estimate of drug-likeness (QED) is 0.689. The summed E-state index contributed by atoms with van der Waals surface area (Å²) in [6.07, 6.45) is 1.63. The van der Waals surface area contributed by atoms with E-state index in [0.717, 1.165) is 55.6 Å². The van der Waals surface area contributed by atoms with Gasteiger partial charge in [0, 0.05) is 25.3 Å². The second-order valence-corrected chi connectivity index (χ2v) is 9.83. The summed E-state index contributed by atoms with van der Waals surface area (Å²) in [4.78, 5) is 2.48. The molecule has 8 heteroatoms. The first kappa shape index (κ1) is 22.3. The van der Waals surface area contributed by atoms with Crippen LogP contribution in [0, 0.1) is 11.3 Å². The van der Waals surface area contributed by atoms with Crippen molar-refractivity contribution in [2.24, 2.45) is 11.3 Å². The molecule has 2 aromatic rings. The number of likely N-dealkylation sites (tertiary alicyclic amines) is 1. The van der Waals surface area contributed by atoms with Crippen molar-refractivity contribution >= 4 is 0 Å². The molecule has 1 aliphatic heterocycles. The predicted octanol–water partition coefficient (Wildman–Crippen LogP) is 4.62. The lowest BCUT2D eigenvalue weighted by Gasteiger charge is -2.41. The second kappa shape index (κ2) is 8.54. The average molecular weight is 437 g/mol. The molecule has 2 fully saturated rings. The number of aromatic nitrogens is 3. The van der Waals surface area contributed by atoms with E-state index in [2.05, 4.69) is 41.2 Å². The molecule has 0 spiro atoms. The topological polar surface area (TPSA) is 54.2 Å². The summed E-state index contributed by atoms with van der Waals surface area (Å²) in [5, 5.41) is 17.4. The minimum absolute atomic E-state index is 0.0793. The molecule has 0 radical (unpaired) electrons. The monoisotopic (exact) mass is 436 g/mol. The SMILES string of the molecule is CC(C)(CO)[C@H]1CCCN(Cc2ccc(-c3cn(CC(F)(F)F)nn3)cc2C2CC2)C1. The van der Waals surface area contributed by atoms with Crippen molar-refractivity contribution in [1.82, 2.24) is 19.9 Å². The van der Waals surface area contributed by atoms with Gasteiger partial charge in [-0.3, -0.25) is 4.90 Å². The number of alkyl halides is 3. The Labute approximate surface area is 181 Å². The average Bonchev–Trinajstić information content (AvgIpc) is 3.47. The van der Waals surface area contributed by atoms with Crippen LogP contribution in [0.4, 0.5) is 13.2 Å². The smallest absolute Gasteiger partial charge is 0.396 e. The predicted molar refractivity (Wildman–Crippen MR) is 112 cm³/mol. The number of aliphatic hydroxyl groups is 1.